The van der Waals surface area contributed by atoms with Crippen LogP contribution in [0.3, 0.4) is 0 Å². The standard InChI is InChI=1S/C14H17N5/c15-13-14(16,19-8-7-17-13)6-5-10-9-18-12-4-2-1-3-11(10)12/h1-4,7-9,13,18H,5-6,15-16H2. The van der Waals surface area contributed by atoms with E-state index in [1.807, 2.05) is 18.3 Å². The molecule has 0 bridgehead atoms. The van der Waals surface area contributed by atoms with Crippen molar-refractivity contribution in [2.45, 2.75) is 24.7 Å². The van der Waals surface area contributed by atoms with Gasteiger partial charge in [-0.05, 0) is 24.5 Å². The maximum absolute atomic E-state index is 6.22. The molecular formula is C14H17N5. The van der Waals surface area contributed by atoms with Crippen LogP contribution in [-0.2, 0) is 6.42 Å². The molecule has 2 aromatic rings. The molecule has 1 aliphatic heterocycles. The lowest BCUT2D eigenvalue weighted by Gasteiger charge is -2.30. The fourth-order valence-electron chi connectivity index (χ4n) is 2.39. The molecular weight excluding hydrogens is 238 g/mol. The van der Waals surface area contributed by atoms with Crippen molar-refractivity contribution in [2.75, 3.05) is 0 Å². The van der Waals surface area contributed by atoms with Crippen LogP contribution < -0.4 is 11.5 Å². The van der Waals surface area contributed by atoms with E-state index >= 15 is 0 Å². The van der Waals surface area contributed by atoms with E-state index in [2.05, 4.69) is 27.1 Å². The molecule has 1 aromatic heterocycles. The highest BCUT2D eigenvalue weighted by molar-refractivity contribution is 6.16. The molecule has 2 heterocycles. The number of nitrogens with zero attached hydrogens (tertiary/aromatic N) is 2. The Bertz CT molecular complexity index is 642. The van der Waals surface area contributed by atoms with Gasteiger partial charge < -0.3 is 16.5 Å². The van der Waals surface area contributed by atoms with Crippen molar-refractivity contribution in [3.05, 3.63) is 36.0 Å². The van der Waals surface area contributed by atoms with Gasteiger partial charge in [-0.2, -0.15) is 0 Å². The normalized spacial score (nSPS) is 26.1. The predicted octanol–water partition coefficient (Wildman–Crippen LogP) is 1.20. The van der Waals surface area contributed by atoms with E-state index in [9.17, 15) is 0 Å². The first-order chi connectivity index (χ1) is 9.19. The smallest absolute Gasteiger partial charge is 0.144 e. The summed E-state index contributed by atoms with van der Waals surface area (Å²) in [6, 6.07) is 8.22. The van der Waals surface area contributed by atoms with Gasteiger partial charge in [0.1, 0.15) is 11.8 Å². The molecule has 0 saturated carbocycles. The second-order valence-electron chi connectivity index (χ2n) is 4.87. The van der Waals surface area contributed by atoms with E-state index in [1.54, 1.807) is 12.4 Å². The van der Waals surface area contributed by atoms with Gasteiger partial charge in [-0.15, -0.1) is 0 Å². The van der Waals surface area contributed by atoms with Crippen LogP contribution in [0, 0.1) is 0 Å². The maximum atomic E-state index is 6.22. The van der Waals surface area contributed by atoms with Crippen LogP contribution in [-0.4, -0.2) is 29.2 Å². The monoisotopic (exact) mass is 255 g/mol. The summed E-state index contributed by atoms with van der Waals surface area (Å²) in [4.78, 5) is 11.7. The molecule has 0 aliphatic carbocycles. The number of aromatic nitrogens is 1. The van der Waals surface area contributed by atoms with E-state index in [1.165, 1.54) is 10.9 Å². The van der Waals surface area contributed by atoms with Gasteiger partial charge in [-0.25, -0.2) is 0 Å². The molecule has 0 radical (unpaired) electrons. The largest absolute Gasteiger partial charge is 0.361 e. The van der Waals surface area contributed by atoms with Crippen molar-refractivity contribution in [1.82, 2.24) is 4.98 Å². The molecule has 1 aromatic carbocycles. The Hall–Kier alpha value is -1.98. The average Bonchev–Trinajstić information content (AvgIpc) is 2.84. The van der Waals surface area contributed by atoms with E-state index < -0.39 is 11.8 Å². The first kappa shape index (κ1) is 12.1. The van der Waals surface area contributed by atoms with Gasteiger partial charge in [0.25, 0.3) is 0 Å². The summed E-state index contributed by atoms with van der Waals surface area (Å²) in [7, 11) is 0. The fourth-order valence-corrected chi connectivity index (χ4v) is 2.39. The van der Waals surface area contributed by atoms with Gasteiger partial charge in [0.15, 0.2) is 0 Å². The predicted molar refractivity (Wildman–Crippen MR) is 78.5 cm³/mol. The third kappa shape index (κ3) is 2.18. The third-order valence-electron chi connectivity index (χ3n) is 3.61. The van der Waals surface area contributed by atoms with Crippen LogP contribution in [0.5, 0.6) is 0 Å². The molecule has 3 rings (SSSR count). The summed E-state index contributed by atoms with van der Waals surface area (Å²) in [5, 5.41) is 1.22. The van der Waals surface area contributed by atoms with Crippen LogP contribution >= 0.6 is 0 Å². The Balaban J connectivity index is 1.79. The van der Waals surface area contributed by atoms with Crippen LogP contribution in [0.4, 0.5) is 0 Å². The second kappa shape index (κ2) is 4.60. The van der Waals surface area contributed by atoms with Gasteiger partial charge in [-0.1, -0.05) is 18.2 Å². The van der Waals surface area contributed by atoms with E-state index in [-0.39, 0.29) is 0 Å². The molecule has 5 N–H and O–H groups in total. The van der Waals surface area contributed by atoms with E-state index in [0.717, 1.165) is 11.9 Å². The van der Waals surface area contributed by atoms with Gasteiger partial charge >= 0.3 is 0 Å². The highest BCUT2D eigenvalue weighted by atomic mass is 15.2. The molecule has 0 saturated heterocycles. The topological polar surface area (TPSA) is 92.5 Å². The van der Waals surface area contributed by atoms with Gasteiger partial charge in [0.05, 0.1) is 0 Å². The first-order valence-electron chi connectivity index (χ1n) is 6.35. The molecule has 5 heteroatoms. The number of hydrogen-bond acceptors (Lipinski definition) is 4. The number of nitrogens with one attached hydrogen (secondary N) is 1. The van der Waals surface area contributed by atoms with E-state index in [0.29, 0.717) is 6.42 Å². The lowest BCUT2D eigenvalue weighted by molar-refractivity contribution is 0.341. The minimum absolute atomic E-state index is 0.470. The number of aliphatic imine (C=N–C) groups is 2. The molecule has 0 amide bonds. The number of nitrogens with two attached hydrogens (primary N) is 2. The zero-order valence-corrected chi connectivity index (χ0v) is 10.6. The Morgan fingerprint density at radius 2 is 2.11 bits per heavy atom. The second-order valence-corrected chi connectivity index (χ2v) is 4.87. The molecule has 19 heavy (non-hydrogen) atoms. The molecule has 1 aliphatic rings. The van der Waals surface area contributed by atoms with Crippen LogP contribution in [0.2, 0.25) is 0 Å². The minimum atomic E-state index is -0.798. The fraction of sp³-hybridized carbons (Fsp3) is 0.286. The Morgan fingerprint density at radius 1 is 1.26 bits per heavy atom. The van der Waals surface area contributed by atoms with Crippen molar-refractivity contribution < 1.29 is 0 Å². The minimum Gasteiger partial charge on any atom is -0.361 e. The number of aromatic amines is 1. The summed E-state index contributed by atoms with van der Waals surface area (Å²) < 4.78 is 0. The molecule has 2 unspecified atom stereocenters. The zero-order chi connectivity index (χ0) is 13.3. The van der Waals surface area contributed by atoms with Gasteiger partial charge in [0, 0.05) is 29.5 Å². The van der Waals surface area contributed by atoms with Crippen molar-refractivity contribution in [2.24, 2.45) is 21.5 Å². The van der Waals surface area contributed by atoms with Gasteiger partial charge in [-0.3, -0.25) is 9.98 Å². The van der Waals surface area contributed by atoms with Crippen molar-refractivity contribution in [3.8, 4) is 0 Å². The molecule has 98 valence electrons. The highest BCUT2D eigenvalue weighted by Crippen LogP contribution is 2.23. The number of benzene rings is 1. The lowest BCUT2D eigenvalue weighted by atomic mass is 9.97. The number of para-hydroxylation sites is 1. The van der Waals surface area contributed by atoms with Crippen LogP contribution in [0.25, 0.3) is 10.9 Å². The molecule has 0 fully saturated rings. The van der Waals surface area contributed by atoms with Gasteiger partial charge in [0.2, 0.25) is 0 Å². The summed E-state index contributed by atoms with van der Waals surface area (Å²) in [6.45, 7) is 0. The number of hydrogen-bond donors (Lipinski definition) is 3. The molecule has 0 spiro atoms. The van der Waals surface area contributed by atoms with Crippen molar-refractivity contribution in [1.29, 1.82) is 0 Å². The summed E-state index contributed by atoms with van der Waals surface area (Å²) in [5.41, 5.74) is 13.7. The number of aryl methyl sites for hydroxylation is 1. The first-order valence-corrected chi connectivity index (χ1v) is 6.35. The highest BCUT2D eigenvalue weighted by Gasteiger charge is 2.32. The lowest BCUT2D eigenvalue weighted by Crippen LogP contribution is -2.54. The zero-order valence-electron chi connectivity index (χ0n) is 10.6. The quantitative estimate of drug-likeness (QED) is 0.768. The number of H-pyrrole nitrogens is 1. The molecule has 2 atom stereocenters. The van der Waals surface area contributed by atoms with Crippen molar-refractivity contribution >= 4 is 23.3 Å². The number of rotatable bonds is 3. The Morgan fingerprint density at radius 3 is 2.95 bits per heavy atom. The van der Waals surface area contributed by atoms with Crippen LogP contribution in [0.15, 0.2) is 40.4 Å². The average molecular weight is 255 g/mol. The summed E-state index contributed by atoms with van der Waals surface area (Å²) in [6.07, 6.45) is 6.27. The van der Waals surface area contributed by atoms with Crippen molar-refractivity contribution in [3.63, 3.8) is 0 Å². The maximum Gasteiger partial charge on any atom is 0.144 e. The third-order valence-corrected chi connectivity index (χ3v) is 3.61. The van der Waals surface area contributed by atoms with E-state index in [4.69, 9.17) is 11.5 Å². The number of fused-ring (bicyclic) bond motifs is 1. The SMILES string of the molecule is NC1N=CC=NC1(N)CCc1c[nH]c2ccccc12. The van der Waals surface area contributed by atoms with Crippen LogP contribution in [0.1, 0.15) is 12.0 Å². The summed E-state index contributed by atoms with van der Waals surface area (Å²) >= 11 is 0. The molecule has 5 nitrogen and oxygen atoms in total. The Labute approximate surface area is 111 Å². The Kier molecular flexibility index (Phi) is 2.93. The summed E-state index contributed by atoms with van der Waals surface area (Å²) in [5.74, 6) is 0.